The van der Waals surface area contributed by atoms with Gasteiger partial charge in [0.15, 0.2) is 5.78 Å². The van der Waals surface area contributed by atoms with Crippen LogP contribution in [0.1, 0.15) is 34.3 Å². The molecule has 1 aromatic carbocycles. The number of benzene rings is 1. The van der Waals surface area contributed by atoms with Crippen LogP contribution in [0.2, 0.25) is 0 Å². The summed E-state index contributed by atoms with van der Waals surface area (Å²) in [6.07, 6.45) is 2.18. The minimum atomic E-state index is -0.171. The van der Waals surface area contributed by atoms with Gasteiger partial charge in [-0.15, -0.1) is 0 Å². The number of aryl methyl sites for hydroxylation is 1. The Morgan fingerprint density at radius 2 is 2.12 bits per heavy atom. The van der Waals surface area contributed by atoms with Crippen LogP contribution in [0, 0.1) is 6.92 Å². The molecule has 0 N–H and O–H groups in total. The maximum absolute atomic E-state index is 12.4. The van der Waals surface area contributed by atoms with Crippen molar-refractivity contribution in [3.63, 3.8) is 0 Å². The third kappa shape index (κ3) is 1.57. The first-order valence-corrected chi connectivity index (χ1v) is 6.10. The van der Waals surface area contributed by atoms with Crippen LogP contribution in [-0.4, -0.2) is 29.2 Å². The summed E-state index contributed by atoms with van der Waals surface area (Å²) in [5.41, 5.74) is 2.69. The van der Waals surface area contributed by atoms with Crippen LogP contribution in [0.5, 0.6) is 0 Å². The van der Waals surface area contributed by atoms with E-state index in [4.69, 9.17) is 0 Å². The van der Waals surface area contributed by atoms with E-state index in [1.807, 2.05) is 25.1 Å². The molecule has 0 unspecified atom stereocenters. The number of hydrogen-bond donors (Lipinski definition) is 0. The summed E-state index contributed by atoms with van der Waals surface area (Å²) in [6, 6.07) is 5.62. The Kier molecular flexibility index (Phi) is 2.28. The summed E-state index contributed by atoms with van der Waals surface area (Å²) in [5, 5.41) is 0. The summed E-state index contributed by atoms with van der Waals surface area (Å²) in [7, 11) is 0. The Balaban J connectivity index is 2.12. The zero-order valence-corrected chi connectivity index (χ0v) is 9.90. The summed E-state index contributed by atoms with van der Waals surface area (Å²) >= 11 is 0. The average molecular weight is 229 g/mol. The van der Waals surface area contributed by atoms with Crippen molar-refractivity contribution in [2.75, 3.05) is 6.54 Å². The quantitative estimate of drug-likeness (QED) is 0.679. The lowest BCUT2D eigenvalue weighted by atomic mass is 9.99. The van der Waals surface area contributed by atoms with E-state index in [1.165, 1.54) is 0 Å². The largest absolute Gasteiger partial charge is 0.329 e. The van der Waals surface area contributed by atoms with Gasteiger partial charge < -0.3 is 4.90 Å². The first kappa shape index (κ1) is 10.5. The van der Waals surface area contributed by atoms with Crippen LogP contribution < -0.4 is 0 Å². The third-order valence-corrected chi connectivity index (χ3v) is 3.75. The van der Waals surface area contributed by atoms with E-state index in [1.54, 1.807) is 4.90 Å². The topological polar surface area (TPSA) is 37.4 Å². The number of carbonyl (C=O) groups excluding carboxylic acids is 2. The van der Waals surface area contributed by atoms with Gasteiger partial charge in [-0.05, 0) is 31.4 Å². The zero-order chi connectivity index (χ0) is 12.0. The fourth-order valence-electron chi connectivity index (χ4n) is 2.85. The lowest BCUT2D eigenvalue weighted by Gasteiger charge is -2.20. The number of carbonyl (C=O) groups is 2. The van der Waals surface area contributed by atoms with E-state index in [0.29, 0.717) is 6.42 Å². The van der Waals surface area contributed by atoms with Crippen molar-refractivity contribution in [3.8, 4) is 0 Å². The van der Waals surface area contributed by atoms with Gasteiger partial charge >= 0.3 is 0 Å². The maximum Gasteiger partial charge on any atom is 0.254 e. The summed E-state index contributed by atoms with van der Waals surface area (Å²) in [4.78, 5) is 26.2. The highest BCUT2D eigenvalue weighted by molar-refractivity contribution is 6.03. The van der Waals surface area contributed by atoms with Crippen molar-refractivity contribution in [3.05, 3.63) is 34.9 Å². The molecule has 2 aliphatic heterocycles. The van der Waals surface area contributed by atoms with Crippen LogP contribution in [0.3, 0.4) is 0 Å². The highest BCUT2D eigenvalue weighted by Crippen LogP contribution is 2.27. The number of rotatable bonds is 0. The molecule has 0 saturated carbocycles. The van der Waals surface area contributed by atoms with Crippen molar-refractivity contribution in [2.24, 2.45) is 0 Å². The Labute approximate surface area is 100 Å². The van der Waals surface area contributed by atoms with Crippen molar-refractivity contribution in [2.45, 2.75) is 32.2 Å². The van der Waals surface area contributed by atoms with Gasteiger partial charge in [-0.3, -0.25) is 9.59 Å². The van der Waals surface area contributed by atoms with E-state index in [0.717, 1.165) is 36.1 Å². The highest BCUT2D eigenvalue weighted by Gasteiger charge is 2.37. The molecule has 3 nitrogen and oxygen atoms in total. The van der Waals surface area contributed by atoms with Gasteiger partial charge in [-0.1, -0.05) is 17.7 Å². The number of hydrogen-bond acceptors (Lipinski definition) is 2. The van der Waals surface area contributed by atoms with Gasteiger partial charge in [0.05, 0.1) is 6.04 Å². The predicted molar refractivity (Wildman–Crippen MR) is 63.9 cm³/mol. The molecule has 1 fully saturated rings. The molecule has 0 spiro atoms. The lowest BCUT2D eigenvalue weighted by Crippen LogP contribution is -2.38. The van der Waals surface area contributed by atoms with E-state index < -0.39 is 0 Å². The van der Waals surface area contributed by atoms with Crippen molar-refractivity contribution in [1.29, 1.82) is 0 Å². The first-order chi connectivity index (χ1) is 8.16. The molecule has 3 heteroatoms. The lowest BCUT2D eigenvalue weighted by molar-refractivity contribution is -0.121. The molecule has 88 valence electrons. The molecule has 2 aliphatic rings. The fourth-order valence-corrected chi connectivity index (χ4v) is 2.85. The molecule has 0 radical (unpaired) electrons. The minimum Gasteiger partial charge on any atom is -0.329 e. The highest BCUT2D eigenvalue weighted by atomic mass is 16.2. The Morgan fingerprint density at radius 1 is 1.29 bits per heavy atom. The van der Waals surface area contributed by atoms with Gasteiger partial charge in [-0.25, -0.2) is 0 Å². The van der Waals surface area contributed by atoms with Gasteiger partial charge in [-0.2, -0.15) is 0 Å². The number of Topliss-reactive ketones (excluding diaryl/α,β-unsaturated/α-hetero) is 1. The normalized spacial score (nSPS) is 23.4. The number of ketones is 1. The molecule has 0 bridgehead atoms. The van der Waals surface area contributed by atoms with Crippen LogP contribution in [0.25, 0.3) is 0 Å². The fraction of sp³-hybridized carbons (Fsp3) is 0.429. The third-order valence-electron chi connectivity index (χ3n) is 3.75. The molecular weight excluding hydrogens is 214 g/mol. The molecule has 17 heavy (non-hydrogen) atoms. The Morgan fingerprint density at radius 3 is 2.94 bits per heavy atom. The second kappa shape index (κ2) is 3.69. The van der Waals surface area contributed by atoms with Gasteiger partial charge in [0.25, 0.3) is 5.91 Å². The van der Waals surface area contributed by atoms with E-state index >= 15 is 0 Å². The SMILES string of the molecule is Cc1ccc2c(c1)C(=O)N1CCC[C@H]1C(=O)C2. The molecule has 0 aliphatic carbocycles. The molecule has 1 aromatic rings. The minimum absolute atomic E-state index is 0.0389. The molecular formula is C14H15NO2. The summed E-state index contributed by atoms with van der Waals surface area (Å²) < 4.78 is 0. The second-order valence-corrected chi connectivity index (χ2v) is 4.96. The molecule has 1 amide bonds. The van der Waals surface area contributed by atoms with Crippen molar-refractivity contribution < 1.29 is 9.59 Å². The van der Waals surface area contributed by atoms with Gasteiger partial charge in [0.1, 0.15) is 0 Å². The standard InChI is InChI=1S/C14H15NO2/c1-9-4-5-10-8-13(16)12-3-2-6-15(12)14(17)11(10)7-9/h4-5,7,12H,2-3,6,8H2,1H3/t12-/m0/s1. The smallest absolute Gasteiger partial charge is 0.254 e. The molecule has 1 saturated heterocycles. The number of fused-ring (bicyclic) bond motifs is 2. The van der Waals surface area contributed by atoms with Crippen molar-refractivity contribution >= 4 is 11.7 Å². The molecule has 0 aromatic heterocycles. The van der Waals surface area contributed by atoms with Gasteiger partial charge in [0, 0.05) is 18.5 Å². The van der Waals surface area contributed by atoms with E-state index in [9.17, 15) is 9.59 Å². The molecule has 1 atom stereocenters. The molecule has 3 rings (SSSR count). The summed E-state index contributed by atoms with van der Waals surface area (Å²) in [5.74, 6) is 0.232. The maximum atomic E-state index is 12.4. The Bertz CT molecular complexity index is 507. The zero-order valence-electron chi connectivity index (χ0n) is 9.90. The average Bonchev–Trinajstić information content (AvgIpc) is 2.76. The van der Waals surface area contributed by atoms with Crippen LogP contribution in [-0.2, 0) is 11.2 Å². The van der Waals surface area contributed by atoms with Crippen LogP contribution in [0.4, 0.5) is 0 Å². The monoisotopic (exact) mass is 229 g/mol. The van der Waals surface area contributed by atoms with Crippen molar-refractivity contribution in [1.82, 2.24) is 4.90 Å². The number of nitrogens with zero attached hydrogens (tertiary/aromatic N) is 1. The van der Waals surface area contributed by atoms with Crippen LogP contribution in [0.15, 0.2) is 18.2 Å². The van der Waals surface area contributed by atoms with E-state index in [-0.39, 0.29) is 17.7 Å². The van der Waals surface area contributed by atoms with Crippen LogP contribution >= 0.6 is 0 Å². The summed E-state index contributed by atoms with van der Waals surface area (Å²) in [6.45, 7) is 2.70. The predicted octanol–water partition coefficient (Wildman–Crippen LogP) is 1.72. The van der Waals surface area contributed by atoms with E-state index in [2.05, 4.69) is 0 Å². The van der Waals surface area contributed by atoms with Gasteiger partial charge in [0.2, 0.25) is 0 Å². The second-order valence-electron chi connectivity index (χ2n) is 4.96. The Hall–Kier alpha value is -1.64. The first-order valence-electron chi connectivity index (χ1n) is 6.10. The molecule has 2 heterocycles. The number of amides is 1.